The molecule has 0 atom stereocenters. The van der Waals surface area contributed by atoms with Gasteiger partial charge in [-0.3, -0.25) is 0 Å². The molecule has 0 spiro atoms. The van der Waals surface area contributed by atoms with E-state index >= 15 is 0 Å². The summed E-state index contributed by atoms with van der Waals surface area (Å²) >= 11 is 1.72. The van der Waals surface area contributed by atoms with Crippen molar-refractivity contribution in [1.29, 1.82) is 0 Å². The SMILES string of the molecule is CCNCc1cc(F)ccc1-c1csc(C)c1. The van der Waals surface area contributed by atoms with Gasteiger partial charge in [-0.25, -0.2) is 4.39 Å². The number of halogens is 1. The number of thiophene rings is 1. The van der Waals surface area contributed by atoms with E-state index in [1.165, 1.54) is 16.5 Å². The van der Waals surface area contributed by atoms with E-state index in [0.29, 0.717) is 6.54 Å². The first kappa shape index (κ1) is 12.3. The summed E-state index contributed by atoms with van der Waals surface area (Å²) < 4.78 is 13.3. The lowest BCUT2D eigenvalue weighted by Gasteiger charge is -2.09. The topological polar surface area (TPSA) is 12.0 Å². The fraction of sp³-hybridized carbons (Fsp3) is 0.286. The Morgan fingerprint density at radius 3 is 2.76 bits per heavy atom. The molecule has 0 amide bonds. The van der Waals surface area contributed by atoms with E-state index in [4.69, 9.17) is 0 Å². The van der Waals surface area contributed by atoms with Crippen LogP contribution in [0, 0.1) is 12.7 Å². The van der Waals surface area contributed by atoms with Crippen LogP contribution in [0.3, 0.4) is 0 Å². The Balaban J connectivity index is 2.38. The van der Waals surface area contributed by atoms with Gasteiger partial charge in [-0.05, 0) is 53.7 Å². The number of hydrogen-bond donors (Lipinski definition) is 1. The van der Waals surface area contributed by atoms with E-state index in [0.717, 1.165) is 17.7 Å². The van der Waals surface area contributed by atoms with Gasteiger partial charge in [0.25, 0.3) is 0 Å². The van der Waals surface area contributed by atoms with Crippen LogP contribution in [-0.4, -0.2) is 6.54 Å². The van der Waals surface area contributed by atoms with Crippen molar-refractivity contribution in [3.63, 3.8) is 0 Å². The van der Waals surface area contributed by atoms with Crippen molar-refractivity contribution in [3.8, 4) is 11.1 Å². The van der Waals surface area contributed by atoms with Gasteiger partial charge in [-0.2, -0.15) is 0 Å². The highest BCUT2D eigenvalue weighted by Crippen LogP contribution is 2.28. The molecule has 0 saturated carbocycles. The Bertz CT molecular complexity index is 505. The molecule has 0 saturated heterocycles. The first-order valence-corrected chi connectivity index (χ1v) is 6.63. The van der Waals surface area contributed by atoms with Crippen LogP contribution >= 0.6 is 11.3 Å². The molecule has 1 aromatic carbocycles. The van der Waals surface area contributed by atoms with Gasteiger partial charge in [0.05, 0.1) is 0 Å². The van der Waals surface area contributed by atoms with Gasteiger partial charge < -0.3 is 5.32 Å². The summed E-state index contributed by atoms with van der Waals surface area (Å²) in [4.78, 5) is 1.28. The van der Waals surface area contributed by atoms with Crippen molar-refractivity contribution >= 4 is 11.3 Å². The zero-order valence-electron chi connectivity index (χ0n) is 10.1. The fourth-order valence-corrected chi connectivity index (χ4v) is 2.54. The molecule has 1 aromatic heterocycles. The maximum atomic E-state index is 13.3. The van der Waals surface area contributed by atoms with Crippen LogP contribution in [-0.2, 0) is 6.54 Å². The van der Waals surface area contributed by atoms with Crippen LogP contribution in [0.25, 0.3) is 11.1 Å². The summed E-state index contributed by atoms with van der Waals surface area (Å²) in [5.41, 5.74) is 3.32. The van der Waals surface area contributed by atoms with Gasteiger partial charge in [0.2, 0.25) is 0 Å². The minimum absolute atomic E-state index is 0.173. The van der Waals surface area contributed by atoms with E-state index in [2.05, 4.69) is 23.7 Å². The highest BCUT2D eigenvalue weighted by molar-refractivity contribution is 7.10. The van der Waals surface area contributed by atoms with E-state index < -0.39 is 0 Å². The molecule has 3 heteroatoms. The van der Waals surface area contributed by atoms with Crippen LogP contribution in [0.4, 0.5) is 4.39 Å². The molecule has 0 unspecified atom stereocenters. The summed E-state index contributed by atoms with van der Waals surface area (Å²) in [6.45, 7) is 5.73. The maximum absolute atomic E-state index is 13.3. The molecule has 17 heavy (non-hydrogen) atoms. The molecule has 0 radical (unpaired) electrons. The van der Waals surface area contributed by atoms with Crippen LogP contribution in [0.2, 0.25) is 0 Å². The van der Waals surface area contributed by atoms with Gasteiger partial charge in [0, 0.05) is 11.4 Å². The first-order chi connectivity index (χ1) is 8.20. The standard InChI is InChI=1S/C14H16FNS/c1-3-16-8-11-7-13(15)4-5-14(11)12-6-10(2)17-9-12/h4-7,9,16H,3,8H2,1-2H3. The smallest absolute Gasteiger partial charge is 0.123 e. The van der Waals surface area contributed by atoms with Crippen molar-refractivity contribution in [2.45, 2.75) is 20.4 Å². The van der Waals surface area contributed by atoms with Crippen molar-refractivity contribution in [2.75, 3.05) is 6.54 Å². The van der Waals surface area contributed by atoms with E-state index in [1.54, 1.807) is 17.4 Å². The fourth-order valence-electron chi connectivity index (χ4n) is 1.83. The summed E-state index contributed by atoms with van der Waals surface area (Å²) in [5, 5.41) is 5.37. The van der Waals surface area contributed by atoms with Gasteiger partial charge in [-0.1, -0.05) is 13.0 Å². The highest BCUT2D eigenvalue weighted by Gasteiger charge is 2.07. The van der Waals surface area contributed by atoms with E-state index in [1.807, 2.05) is 13.0 Å². The second-order valence-electron chi connectivity index (χ2n) is 4.03. The average Bonchev–Trinajstić information content (AvgIpc) is 2.73. The lowest BCUT2D eigenvalue weighted by Crippen LogP contribution is -2.12. The first-order valence-electron chi connectivity index (χ1n) is 5.75. The van der Waals surface area contributed by atoms with Crippen LogP contribution in [0.15, 0.2) is 29.6 Å². The van der Waals surface area contributed by atoms with Gasteiger partial charge >= 0.3 is 0 Å². The molecule has 0 bridgehead atoms. The minimum atomic E-state index is -0.173. The molecule has 1 heterocycles. The Morgan fingerprint density at radius 2 is 2.12 bits per heavy atom. The monoisotopic (exact) mass is 249 g/mol. The lowest BCUT2D eigenvalue weighted by molar-refractivity contribution is 0.622. The van der Waals surface area contributed by atoms with Crippen molar-refractivity contribution in [3.05, 3.63) is 45.9 Å². The summed E-state index contributed by atoms with van der Waals surface area (Å²) in [5.74, 6) is -0.173. The molecule has 0 fully saturated rings. The second kappa shape index (κ2) is 5.43. The predicted octanol–water partition coefficient (Wildman–Crippen LogP) is 3.97. The number of aryl methyl sites for hydroxylation is 1. The third kappa shape index (κ3) is 2.93. The predicted molar refractivity (Wildman–Crippen MR) is 71.8 cm³/mol. The maximum Gasteiger partial charge on any atom is 0.123 e. The Kier molecular flexibility index (Phi) is 3.92. The Labute approximate surface area is 105 Å². The lowest BCUT2D eigenvalue weighted by atomic mass is 10.0. The number of nitrogens with one attached hydrogen (secondary N) is 1. The summed E-state index contributed by atoms with van der Waals surface area (Å²) in [6, 6.07) is 7.15. The summed E-state index contributed by atoms with van der Waals surface area (Å²) in [6.07, 6.45) is 0. The third-order valence-electron chi connectivity index (χ3n) is 2.67. The normalized spacial score (nSPS) is 10.8. The van der Waals surface area contributed by atoms with Gasteiger partial charge in [0.1, 0.15) is 5.82 Å². The number of rotatable bonds is 4. The van der Waals surface area contributed by atoms with Gasteiger partial charge in [0.15, 0.2) is 0 Å². The van der Waals surface area contributed by atoms with Gasteiger partial charge in [-0.15, -0.1) is 11.3 Å². The molecular weight excluding hydrogens is 233 g/mol. The molecule has 90 valence electrons. The Morgan fingerprint density at radius 1 is 1.29 bits per heavy atom. The summed E-state index contributed by atoms with van der Waals surface area (Å²) in [7, 11) is 0. The largest absolute Gasteiger partial charge is 0.313 e. The zero-order valence-corrected chi connectivity index (χ0v) is 10.9. The van der Waals surface area contributed by atoms with Crippen LogP contribution in [0.1, 0.15) is 17.4 Å². The number of hydrogen-bond acceptors (Lipinski definition) is 2. The van der Waals surface area contributed by atoms with Crippen LogP contribution < -0.4 is 5.32 Å². The molecule has 0 aliphatic rings. The molecule has 1 N–H and O–H groups in total. The van der Waals surface area contributed by atoms with Crippen molar-refractivity contribution in [2.24, 2.45) is 0 Å². The van der Waals surface area contributed by atoms with Crippen LogP contribution in [0.5, 0.6) is 0 Å². The average molecular weight is 249 g/mol. The number of benzene rings is 1. The molecule has 2 aromatic rings. The van der Waals surface area contributed by atoms with E-state index in [9.17, 15) is 4.39 Å². The Hall–Kier alpha value is -1.19. The van der Waals surface area contributed by atoms with Crippen molar-refractivity contribution in [1.82, 2.24) is 5.32 Å². The molecule has 0 aliphatic heterocycles. The molecular formula is C14H16FNS. The second-order valence-corrected chi connectivity index (χ2v) is 5.14. The highest BCUT2D eigenvalue weighted by atomic mass is 32.1. The quantitative estimate of drug-likeness (QED) is 0.864. The third-order valence-corrected chi connectivity index (χ3v) is 3.54. The molecule has 0 aliphatic carbocycles. The molecule has 1 nitrogen and oxygen atoms in total. The van der Waals surface area contributed by atoms with Crippen molar-refractivity contribution < 1.29 is 4.39 Å². The minimum Gasteiger partial charge on any atom is -0.313 e. The van der Waals surface area contributed by atoms with E-state index in [-0.39, 0.29) is 5.82 Å². The molecule has 2 rings (SSSR count). The zero-order chi connectivity index (χ0) is 12.3.